The van der Waals surface area contributed by atoms with Gasteiger partial charge in [-0.2, -0.15) is 23.1 Å². The number of aromatic amines is 5. The van der Waals surface area contributed by atoms with Crippen molar-refractivity contribution in [2.45, 2.75) is 33.1 Å². The van der Waals surface area contributed by atoms with E-state index in [0.717, 1.165) is 95.8 Å². The molecule has 0 atom stereocenters. The summed E-state index contributed by atoms with van der Waals surface area (Å²) in [5.41, 5.74) is 6.26. The quantitative estimate of drug-likeness (QED) is 0.0494. The first-order valence-corrected chi connectivity index (χ1v) is 19.3. The van der Waals surface area contributed by atoms with Gasteiger partial charge >= 0.3 is 0 Å². The lowest BCUT2D eigenvalue weighted by atomic mass is 10.1. The Balaban J connectivity index is 0.000000177. The number of halogens is 3. The van der Waals surface area contributed by atoms with Crippen LogP contribution in [0.1, 0.15) is 36.1 Å². The van der Waals surface area contributed by atoms with Gasteiger partial charge in [-0.1, -0.05) is 13.5 Å². The summed E-state index contributed by atoms with van der Waals surface area (Å²) in [5.74, 6) is -1.05. The molecule has 9 N–H and O–H groups in total. The van der Waals surface area contributed by atoms with Crippen molar-refractivity contribution >= 4 is 44.5 Å². The lowest BCUT2D eigenvalue weighted by Crippen LogP contribution is -2.15. The van der Waals surface area contributed by atoms with Crippen molar-refractivity contribution in [3.63, 3.8) is 0 Å². The minimum atomic E-state index is -0.623. The van der Waals surface area contributed by atoms with Crippen molar-refractivity contribution in [2.24, 2.45) is 0 Å². The molecular formula is C42H54F3N11O4. The van der Waals surface area contributed by atoms with E-state index in [2.05, 4.69) is 69.7 Å². The van der Waals surface area contributed by atoms with Crippen LogP contribution in [-0.2, 0) is 19.3 Å². The Kier molecular flexibility index (Phi) is 17.5. The predicted molar refractivity (Wildman–Crippen MR) is 233 cm³/mol. The van der Waals surface area contributed by atoms with E-state index in [1.165, 1.54) is 14.2 Å². The molecule has 0 amide bonds. The Morgan fingerprint density at radius 3 is 1.93 bits per heavy atom. The monoisotopic (exact) mass is 833 g/mol. The molecule has 0 aliphatic rings. The number of methoxy groups -OCH3 is 2. The second-order valence-corrected chi connectivity index (χ2v) is 13.4. The second-order valence-electron chi connectivity index (χ2n) is 13.4. The first-order valence-electron chi connectivity index (χ1n) is 19.3. The third-order valence-electron chi connectivity index (χ3n) is 9.24. The number of hydrogen-bond donors (Lipinski definition) is 9. The summed E-state index contributed by atoms with van der Waals surface area (Å²) < 4.78 is 49.2. The molecule has 7 heterocycles. The SMILES string of the molecule is C=C(C)c1cc(OC)c(F)nc1NC.CCNCCc1c[nH]c2nc(F)c(OC)cc12.CNCCc1c[nH]c2[nH]c(F)cc(=O)c12.CNCCc1c[nH]c2[nH]ccc(=O)c12. The molecule has 0 aliphatic carbocycles. The molecule has 0 fully saturated rings. The summed E-state index contributed by atoms with van der Waals surface area (Å²) in [6, 6.07) is 5.80. The molecule has 7 aromatic heterocycles. The Hall–Kier alpha value is -6.37. The molecular weight excluding hydrogens is 780 g/mol. The average Bonchev–Trinajstić information content (AvgIpc) is 3.96. The summed E-state index contributed by atoms with van der Waals surface area (Å²) in [6.07, 6.45) is 9.63. The van der Waals surface area contributed by atoms with Crippen LogP contribution in [0, 0.1) is 17.8 Å². The van der Waals surface area contributed by atoms with Crippen molar-refractivity contribution in [1.29, 1.82) is 0 Å². The number of anilines is 1. The largest absolute Gasteiger partial charge is 0.492 e. The van der Waals surface area contributed by atoms with Gasteiger partial charge in [0.05, 0.1) is 25.0 Å². The maximum absolute atomic E-state index is 13.4. The van der Waals surface area contributed by atoms with Gasteiger partial charge in [-0.05, 0) is 101 Å². The number of rotatable bonds is 14. The van der Waals surface area contributed by atoms with Gasteiger partial charge in [-0.25, -0.2) is 0 Å². The molecule has 322 valence electrons. The molecule has 0 saturated carbocycles. The minimum absolute atomic E-state index is 0.0751. The van der Waals surface area contributed by atoms with Crippen LogP contribution in [0.5, 0.6) is 11.5 Å². The maximum Gasteiger partial charge on any atom is 0.257 e. The van der Waals surface area contributed by atoms with E-state index < -0.39 is 17.8 Å². The molecule has 0 unspecified atom stereocenters. The maximum atomic E-state index is 13.4. The van der Waals surface area contributed by atoms with Crippen LogP contribution < -0.4 is 41.6 Å². The van der Waals surface area contributed by atoms with Crippen molar-refractivity contribution < 1.29 is 22.6 Å². The average molecular weight is 834 g/mol. The normalized spacial score (nSPS) is 10.7. The van der Waals surface area contributed by atoms with Gasteiger partial charge in [0.15, 0.2) is 28.3 Å². The highest BCUT2D eigenvalue weighted by molar-refractivity contribution is 5.81. The Morgan fingerprint density at radius 2 is 1.33 bits per heavy atom. The number of allylic oxidation sites excluding steroid dienone is 1. The van der Waals surface area contributed by atoms with E-state index in [1.807, 2.05) is 33.4 Å². The molecule has 18 heteroatoms. The van der Waals surface area contributed by atoms with Crippen molar-refractivity contribution in [3.05, 3.63) is 116 Å². The fraction of sp³-hybridized carbons (Fsp3) is 0.333. The molecule has 0 aliphatic heterocycles. The highest BCUT2D eigenvalue weighted by Crippen LogP contribution is 2.27. The van der Waals surface area contributed by atoms with Gasteiger partial charge in [0.1, 0.15) is 22.8 Å². The number of nitrogens with zero attached hydrogens (tertiary/aromatic N) is 2. The first-order chi connectivity index (χ1) is 28.9. The van der Waals surface area contributed by atoms with Crippen LogP contribution in [0.4, 0.5) is 19.0 Å². The number of nitrogens with one attached hydrogen (secondary N) is 9. The zero-order valence-electron chi connectivity index (χ0n) is 34.9. The molecule has 0 aromatic carbocycles. The highest BCUT2D eigenvalue weighted by Gasteiger charge is 2.13. The zero-order chi connectivity index (χ0) is 43.8. The lowest BCUT2D eigenvalue weighted by Gasteiger charge is -2.10. The summed E-state index contributed by atoms with van der Waals surface area (Å²) in [5, 5.41) is 14.4. The van der Waals surface area contributed by atoms with Gasteiger partial charge in [0, 0.05) is 54.9 Å². The minimum Gasteiger partial charge on any atom is -0.492 e. The summed E-state index contributed by atoms with van der Waals surface area (Å²) in [7, 11) is 8.27. The molecule has 15 nitrogen and oxygen atoms in total. The van der Waals surface area contributed by atoms with Crippen LogP contribution in [0.15, 0.2) is 65.2 Å². The predicted octanol–water partition coefficient (Wildman–Crippen LogP) is 5.54. The van der Waals surface area contributed by atoms with Crippen molar-refractivity contribution in [1.82, 2.24) is 50.8 Å². The Morgan fingerprint density at radius 1 is 0.750 bits per heavy atom. The van der Waals surface area contributed by atoms with Crippen LogP contribution in [0.25, 0.3) is 38.7 Å². The molecule has 0 radical (unpaired) electrons. The standard InChI is InChI=1S/C12H16FN3O.C10H12FN3O.C10H13FN2O.C10H13N3O/c1-3-14-5-4-8-7-15-12-9(8)6-10(17-2)11(13)16-12;1-12-3-2-6-5-13-10-9(6)7(15)4-8(11)14-10;1-6(2)7-5-8(14-4)9(11)13-10(7)12-3;1-11-4-2-7-6-13-10-9(7)8(14)3-5-12-10/h6-7,14H,3-5H2,1-2H3,(H,15,16);4-5,12H,2-3H2,1H3,(H2,13,14,15);5H,1H2,2-4H3,(H,12,13);3,5-6,11H,2,4H2,1H3,(H2,12,13,14). The smallest absolute Gasteiger partial charge is 0.257 e. The number of H-pyrrole nitrogens is 5. The van der Waals surface area contributed by atoms with Crippen molar-refractivity contribution in [3.8, 4) is 11.5 Å². The second kappa shape index (κ2) is 22.7. The van der Waals surface area contributed by atoms with E-state index in [-0.39, 0.29) is 22.4 Å². The highest BCUT2D eigenvalue weighted by atomic mass is 19.1. The fourth-order valence-corrected chi connectivity index (χ4v) is 6.19. The topological polar surface area (TPSA) is 205 Å². The number of likely N-dealkylation sites (N-methyl/N-ethyl adjacent to an activating group) is 3. The first kappa shape index (κ1) is 46.3. The Bertz CT molecular complexity index is 2590. The molecule has 7 rings (SSSR count). The van der Waals surface area contributed by atoms with Gasteiger partial charge < -0.3 is 55.7 Å². The lowest BCUT2D eigenvalue weighted by molar-refractivity contribution is 0.378. The van der Waals surface area contributed by atoms with Gasteiger partial charge in [0.2, 0.25) is 0 Å². The van der Waals surface area contributed by atoms with Crippen LogP contribution in [0.3, 0.4) is 0 Å². The summed E-state index contributed by atoms with van der Waals surface area (Å²) in [4.78, 5) is 45.0. The van der Waals surface area contributed by atoms with Crippen LogP contribution in [-0.4, -0.2) is 96.4 Å². The molecule has 7 aromatic rings. The fourth-order valence-electron chi connectivity index (χ4n) is 6.19. The van der Waals surface area contributed by atoms with E-state index >= 15 is 0 Å². The molecule has 0 bridgehead atoms. The summed E-state index contributed by atoms with van der Waals surface area (Å²) >= 11 is 0. The van der Waals surface area contributed by atoms with Crippen molar-refractivity contribution in [2.75, 3.05) is 66.9 Å². The van der Waals surface area contributed by atoms with Crippen LogP contribution >= 0.6 is 0 Å². The number of hydrogen-bond acceptors (Lipinski definition) is 10. The molecule has 0 saturated heterocycles. The number of pyridine rings is 4. The number of fused-ring (bicyclic) bond motifs is 3. The third-order valence-corrected chi connectivity index (χ3v) is 9.24. The van der Waals surface area contributed by atoms with E-state index in [9.17, 15) is 22.8 Å². The third kappa shape index (κ3) is 11.9. The summed E-state index contributed by atoms with van der Waals surface area (Å²) in [6.45, 7) is 11.2. The number of aromatic nitrogens is 7. The van der Waals surface area contributed by atoms with Gasteiger partial charge in [0.25, 0.3) is 11.9 Å². The van der Waals surface area contributed by atoms with E-state index in [1.54, 1.807) is 37.6 Å². The van der Waals surface area contributed by atoms with Gasteiger partial charge in [-0.3, -0.25) is 9.59 Å². The van der Waals surface area contributed by atoms with E-state index in [0.29, 0.717) is 22.5 Å². The zero-order valence-corrected chi connectivity index (χ0v) is 34.9. The Labute approximate surface area is 345 Å². The van der Waals surface area contributed by atoms with Gasteiger partial charge in [-0.15, -0.1) is 0 Å². The van der Waals surface area contributed by atoms with Crippen LogP contribution in [0.2, 0.25) is 0 Å². The van der Waals surface area contributed by atoms with E-state index in [4.69, 9.17) is 9.47 Å². The number of ether oxygens (including phenoxy) is 2. The molecule has 60 heavy (non-hydrogen) atoms. The molecule has 0 spiro atoms.